The maximum absolute atomic E-state index is 9.24. The molecule has 1 aliphatic carbocycles. The maximum atomic E-state index is 9.24. The molecule has 1 heterocycles. The summed E-state index contributed by atoms with van der Waals surface area (Å²) in [7, 11) is 0. The first-order chi connectivity index (χ1) is 9.17. The highest BCUT2D eigenvalue weighted by Crippen LogP contribution is 2.27. The molecule has 112 valence electrons. The van der Waals surface area contributed by atoms with Crippen LogP contribution in [-0.4, -0.2) is 42.0 Å². The highest BCUT2D eigenvalue weighted by molar-refractivity contribution is 4.82. The van der Waals surface area contributed by atoms with Crippen LogP contribution >= 0.6 is 0 Å². The van der Waals surface area contributed by atoms with Crippen LogP contribution in [-0.2, 0) is 0 Å². The summed E-state index contributed by atoms with van der Waals surface area (Å²) >= 11 is 0. The minimum absolute atomic E-state index is 0.408. The number of hydrogen-bond acceptors (Lipinski definition) is 4. The van der Waals surface area contributed by atoms with Crippen molar-refractivity contribution in [3.63, 3.8) is 0 Å². The summed E-state index contributed by atoms with van der Waals surface area (Å²) in [6.07, 6.45) is 8.18. The fourth-order valence-corrected chi connectivity index (χ4v) is 3.87. The topological polar surface area (TPSA) is 61.5 Å². The van der Waals surface area contributed by atoms with Crippen molar-refractivity contribution >= 4 is 0 Å². The average molecular weight is 269 g/mol. The van der Waals surface area contributed by atoms with Gasteiger partial charge in [-0.05, 0) is 50.5 Å². The molecule has 4 N–H and O–H groups in total. The standard InChI is InChI=1S/C15H31N3O/c1-2-12-6-4-8-18(10-12)11-13-5-3-7-14(9-13)17-15(16)19/h12-15,17,19H,2-11,16H2,1H3/t12?,13-,14?,15?/m0/s1. The number of hydrogen-bond donors (Lipinski definition) is 3. The smallest absolute Gasteiger partial charge is 0.158 e. The van der Waals surface area contributed by atoms with Gasteiger partial charge in [0.1, 0.15) is 0 Å². The van der Waals surface area contributed by atoms with Crippen LogP contribution in [0.4, 0.5) is 0 Å². The van der Waals surface area contributed by atoms with Gasteiger partial charge in [-0.15, -0.1) is 0 Å². The Hall–Kier alpha value is -0.160. The third-order valence-electron chi connectivity index (χ3n) is 4.89. The third-order valence-corrected chi connectivity index (χ3v) is 4.89. The van der Waals surface area contributed by atoms with Crippen LogP contribution in [0.3, 0.4) is 0 Å². The molecule has 2 rings (SSSR count). The van der Waals surface area contributed by atoms with Gasteiger partial charge in [0.2, 0.25) is 0 Å². The van der Waals surface area contributed by atoms with Crippen molar-refractivity contribution in [2.45, 2.75) is 64.3 Å². The molecule has 1 aliphatic heterocycles. The lowest BCUT2D eigenvalue weighted by Gasteiger charge is -2.37. The SMILES string of the molecule is CCC1CCCN(C[C@H]2CCCC(NC(N)O)C2)C1. The van der Waals surface area contributed by atoms with E-state index in [1.54, 1.807) is 0 Å². The van der Waals surface area contributed by atoms with Gasteiger partial charge in [-0.25, -0.2) is 0 Å². The molecule has 0 aromatic rings. The van der Waals surface area contributed by atoms with E-state index in [-0.39, 0.29) is 0 Å². The molecule has 0 aromatic carbocycles. The number of nitrogens with zero attached hydrogens (tertiary/aromatic N) is 1. The molecule has 4 atom stereocenters. The highest BCUT2D eigenvalue weighted by atomic mass is 16.3. The molecule has 1 saturated carbocycles. The molecule has 0 aromatic heterocycles. The minimum atomic E-state index is -0.858. The second kappa shape index (κ2) is 7.58. The maximum Gasteiger partial charge on any atom is 0.158 e. The van der Waals surface area contributed by atoms with Crippen LogP contribution in [0.2, 0.25) is 0 Å². The van der Waals surface area contributed by atoms with Crippen molar-refractivity contribution < 1.29 is 5.11 Å². The fourth-order valence-electron chi connectivity index (χ4n) is 3.87. The summed E-state index contributed by atoms with van der Waals surface area (Å²) in [5.74, 6) is 1.69. The summed E-state index contributed by atoms with van der Waals surface area (Å²) in [4.78, 5) is 2.67. The van der Waals surface area contributed by atoms with E-state index < -0.39 is 6.35 Å². The van der Waals surface area contributed by atoms with E-state index in [4.69, 9.17) is 5.73 Å². The number of likely N-dealkylation sites (tertiary alicyclic amines) is 1. The van der Waals surface area contributed by atoms with Crippen molar-refractivity contribution in [3.8, 4) is 0 Å². The lowest BCUT2D eigenvalue weighted by Crippen LogP contribution is -2.47. The first-order valence-corrected chi connectivity index (χ1v) is 8.09. The van der Waals surface area contributed by atoms with E-state index in [0.29, 0.717) is 6.04 Å². The van der Waals surface area contributed by atoms with Gasteiger partial charge in [0.25, 0.3) is 0 Å². The Morgan fingerprint density at radius 1 is 1.26 bits per heavy atom. The zero-order chi connectivity index (χ0) is 13.7. The summed E-state index contributed by atoms with van der Waals surface area (Å²) in [5.41, 5.74) is 5.42. The molecule has 2 aliphatic rings. The largest absolute Gasteiger partial charge is 0.366 e. The molecule has 0 amide bonds. The van der Waals surface area contributed by atoms with Crippen LogP contribution < -0.4 is 11.1 Å². The van der Waals surface area contributed by atoms with E-state index in [1.807, 2.05) is 0 Å². The molecule has 3 unspecified atom stereocenters. The Kier molecular flexibility index (Phi) is 6.07. The zero-order valence-corrected chi connectivity index (χ0v) is 12.4. The van der Waals surface area contributed by atoms with E-state index in [2.05, 4.69) is 17.1 Å². The molecule has 4 heteroatoms. The predicted octanol–water partition coefficient (Wildman–Crippen LogP) is 1.49. The molecule has 2 fully saturated rings. The quantitative estimate of drug-likeness (QED) is 0.662. The summed E-state index contributed by atoms with van der Waals surface area (Å²) < 4.78 is 0. The number of rotatable bonds is 5. The normalized spacial score (nSPS) is 35.2. The summed E-state index contributed by atoms with van der Waals surface area (Å²) in [6.45, 7) is 6.14. The number of aliphatic hydroxyl groups excluding tert-OH is 1. The first-order valence-electron chi connectivity index (χ1n) is 8.09. The van der Waals surface area contributed by atoms with Gasteiger partial charge in [0.15, 0.2) is 6.35 Å². The monoisotopic (exact) mass is 269 g/mol. The summed E-state index contributed by atoms with van der Waals surface area (Å²) in [5, 5.41) is 12.3. The lowest BCUT2D eigenvalue weighted by atomic mass is 9.84. The second-order valence-corrected chi connectivity index (χ2v) is 6.52. The number of aliphatic hydroxyl groups is 1. The number of nitrogens with two attached hydrogens (primary N) is 1. The Balaban J connectivity index is 1.75. The average Bonchev–Trinajstić information content (AvgIpc) is 2.38. The molecule has 19 heavy (non-hydrogen) atoms. The van der Waals surface area contributed by atoms with Crippen LogP contribution in [0.5, 0.6) is 0 Å². The number of piperidine rings is 1. The van der Waals surface area contributed by atoms with Crippen molar-refractivity contribution in [1.82, 2.24) is 10.2 Å². The fraction of sp³-hybridized carbons (Fsp3) is 1.00. The Bertz CT molecular complexity index is 260. The van der Waals surface area contributed by atoms with Gasteiger partial charge >= 0.3 is 0 Å². The molecular weight excluding hydrogens is 238 g/mol. The van der Waals surface area contributed by atoms with Gasteiger partial charge in [-0.3, -0.25) is 11.1 Å². The van der Waals surface area contributed by atoms with Crippen molar-refractivity contribution in [1.29, 1.82) is 0 Å². The summed E-state index contributed by atoms with van der Waals surface area (Å²) in [6, 6.07) is 0.408. The zero-order valence-electron chi connectivity index (χ0n) is 12.4. The van der Waals surface area contributed by atoms with Crippen molar-refractivity contribution in [2.24, 2.45) is 17.6 Å². The van der Waals surface area contributed by atoms with E-state index in [0.717, 1.165) is 18.3 Å². The van der Waals surface area contributed by atoms with Gasteiger partial charge in [0, 0.05) is 19.1 Å². The first kappa shape index (κ1) is 15.2. The minimum Gasteiger partial charge on any atom is -0.366 e. The van der Waals surface area contributed by atoms with Crippen molar-refractivity contribution in [2.75, 3.05) is 19.6 Å². The van der Waals surface area contributed by atoms with Crippen LogP contribution in [0.25, 0.3) is 0 Å². The molecule has 4 nitrogen and oxygen atoms in total. The molecular formula is C15H31N3O. The van der Waals surface area contributed by atoms with Crippen LogP contribution in [0.1, 0.15) is 51.9 Å². The molecule has 0 bridgehead atoms. The van der Waals surface area contributed by atoms with Gasteiger partial charge < -0.3 is 10.0 Å². The Morgan fingerprint density at radius 2 is 2.05 bits per heavy atom. The number of nitrogens with one attached hydrogen (secondary N) is 1. The highest BCUT2D eigenvalue weighted by Gasteiger charge is 2.26. The van der Waals surface area contributed by atoms with Crippen LogP contribution in [0.15, 0.2) is 0 Å². The van der Waals surface area contributed by atoms with E-state index in [9.17, 15) is 5.11 Å². The van der Waals surface area contributed by atoms with E-state index >= 15 is 0 Å². The van der Waals surface area contributed by atoms with E-state index in [1.165, 1.54) is 58.2 Å². The molecule has 1 saturated heterocycles. The van der Waals surface area contributed by atoms with Crippen LogP contribution in [0, 0.1) is 11.8 Å². The van der Waals surface area contributed by atoms with Gasteiger partial charge in [0.05, 0.1) is 0 Å². The Labute approximate surface area is 117 Å². The molecule has 0 radical (unpaired) electrons. The van der Waals surface area contributed by atoms with Gasteiger partial charge in [-0.1, -0.05) is 19.8 Å². The van der Waals surface area contributed by atoms with Crippen molar-refractivity contribution in [3.05, 3.63) is 0 Å². The third kappa shape index (κ3) is 5.03. The molecule has 0 spiro atoms. The predicted molar refractivity (Wildman–Crippen MR) is 78.5 cm³/mol. The van der Waals surface area contributed by atoms with Gasteiger partial charge in [-0.2, -0.15) is 0 Å². The second-order valence-electron chi connectivity index (χ2n) is 6.52. The lowest BCUT2D eigenvalue weighted by molar-refractivity contribution is 0.0949. The Morgan fingerprint density at radius 3 is 2.79 bits per heavy atom.